The Morgan fingerprint density at radius 1 is 0.765 bits per heavy atom. The molecule has 0 aromatic heterocycles. The Balaban J connectivity index is -0.0000000400. The fourth-order valence-electron chi connectivity index (χ4n) is 0.354. The smallest absolute Gasteiger partial charge is 0.0538 e. The molecule has 0 spiro atoms. The summed E-state index contributed by atoms with van der Waals surface area (Å²) in [5, 5.41) is 0. The summed E-state index contributed by atoms with van der Waals surface area (Å²) in [5.41, 5.74) is 0. The number of phosphoric acid groups is 2. The van der Waals surface area contributed by atoms with Gasteiger partial charge in [-0.25, -0.2) is 0 Å². The Kier molecular flexibility index (Phi) is 28.9. The minimum atomic E-state index is -5.39. The Hall–Kier alpha value is 0.180. The van der Waals surface area contributed by atoms with Gasteiger partial charge in [-0.2, -0.15) is 15.6 Å². The molecular formula is C6H18O9P2-6. The van der Waals surface area contributed by atoms with E-state index in [1.807, 2.05) is 0 Å². The molecule has 0 unspecified atom stereocenters. The van der Waals surface area contributed by atoms with Gasteiger partial charge in [-0.3, -0.25) is 0 Å². The molecule has 0 saturated heterocycles. The highest BCUT2D eigenvalue weighted by Gasteiger charge is 1.68. The van der Waals surface area contributed by atoms with Crippen molar-refractivity contribution >= 4 is 15.6 Å². The van der Waals surface area contributed by atoms with Crippen LogP contribution in [0.25, 0.3) is 0 Å². The lowest BCUT2D eigenvalue weighted by atomic mass is 10.3. The van der Waals surface area contributed by atoms with Crippen molar-refractivity contribution in [1.29, 1.82) is 0 Å². The SMILES string of the molecule is C.CCCCC.O.O=P([O-])([O-])[O-].O=P([O-])([O-])[O-]. The monoisotopic (exact) mass is 296 g/mol. The second-order valence-electron chi connectivity index (χ2n) is 2.25. The molecule has 0 rings (SSSR count). The van der Waals surface area contributed by atoms with Crippen molar-refractivity contribution in [3.05, 3.63) is 0 Å². The first kappa shape index (κ1) is 30.3. The molecule has 11 heteroatoms. The summed E-state index contributed by atoms with van der Waals surface area (Å²) in [6.45, 7) is 4.42. The first-order valence-electron chi connectivity index (χ1n) is 3.87. The van der Waals surface area contributed by atoms with Crippen LogP contribution in [0.3, 0.4) is 0 Å². The van der Waals surface area contributed by atoms with Crippen molar-refractivity contribution in [3.63, 3.8) is 0 Å². The predicted octanol–water partition coefficient (Wildman–Crippen LogP) is -3.64. The first-order chi connectivity index (χ1) is 6.41. The number of rotatable bonds is 2. The molecule has 0 aromatic rings. The maximum Gasteiger partial charge on any atom is -0.0538 e. The second kappa shape index (κ2) is 16.2. The van der Waals surface area contributed by atoms with Crippen LogP contribution in [0.2, 0.25) is 0 Å². The van der Waals surface area contributed by atoms with Crippen LogP contribution in [-0.4, -0.2) is 5.48 Å². The number of hydrogen-bond acceptors (Lipinski definition) is 8. The van der Waals surface area contributed by atoms with Gasteiger partial charge in [-0.1, -0.05) is 40.5 Å². The largest absolute Gasteiger partial charge is 0.822 e. The van der Waals surface area contributed by atoms with Crippen molar-refractivity contribution in [2.24, 2.45) is 0 Å². The van der Waals surface area contributed by atoms with Gasteiger partial charge < -0.3 is 44.0 Å². The second-order valence-corrected chi connectivity index (χ2v) is 4.04. The van der Waals surface area contributed by atoms with Crippen molar-refractivity contribution in [2.45, 2.75) is 40.5 Å². The third kappa shape index (κ3) is 685. The zero-order valence-electron chi connectivity index (χ0n) is 8.78. The third-order valence-electron chi connectivity index (χ3n) is 0.707. The Bertz CT molecular complexity index is 169. The zero-order valence-corrected chi connectivity index (χ0v) is 10.6. The Morgan fingerprint density at radius 3 is 0.882 bits per heavy atom. The molecule has 17 heavy (non-hydrogen) atoms. The van der Waals surface area contributed by atoms with Crippen LogP contribution in [0.4, 0.5) is 0 Å². The highest BCUT2D eigenvalue weighted by molar-refractivity contribution is 7.40. The summed E-state index contributed by atoms with van der Waals surface area (Å²) in [7, 11) is -10.8. The number of hydrogen-bond donors (Lipinski definition) is 0. The van der Waals surface area contributed by atoms with Gasteiger partial charge in [0.05, 0.1) is 0 Å². The third-order valence-corrected chi connectivity index (χ3v) is 0.707. The average Bonchev–Trinajstić information content (AvgIpc) is 1.80. The van der Waals surface area contributed by atoms with E-state index in [0.717, 1.165) is 0 Å². The highest BCUT2D eigenvalue weighted by atomic mass is 31.2. The van der Waals surface area contributed by atoms with Gasteiger partial charge in [0.15, 0.2) is 0 Å². The number of unbranched alkanes of at least 4 members (excludes halogenated alkanes) is 2. The van der Waals surface area contributed by atoms with Crippen molar-refractivity contribution in [1.82, 2.24) is 0 Å². The molecule has 0 bridgehead atoms. The lowest BCUT2D eigenvalue weighted by Crippen LogP contribution is -2.24. The maximum absolute atomic E-state index is 8.55. The molecule has 2 N–H and O–H groups in total. The summed E-state index contributed by atoms with van der Waals surface area (Å²) in [5.74, 6) is 0. The van der Waals surface area contributed by atoms with Crippen molar-refractivity contribution < 1.29 is 44.0 Å². The minimum Gasteiger partial charge on any atom is -0.822 e. The van der Waals surface area contributed by atoms with Gasteiger partial charge >= 0.3 is 0 Å². The molecule has 0 fully saturated rings. The van der Waals surface area contributed by atoms with E-state index in [4.69, 9.17) is 38.5 Å². The zero-order chi connectivity index (χ0) is 13.1. The van der Waals surface area contributed by atoms with Crippen LogP contribution in [0.1, 0.15) is 40.5 Å². The molecule has 0 aromatic carbocycles. The van der Waals surface area contributed by atoms with Crippen molar-refractivity contribution in [3.8, 4) is 0 Å². The molecule has 0 heterocycles. The summed E-state index contributed by atoms with van der Waals surface area (Å²) in [6, 6.07) is 0. The van der Waals surface area contributed by atoms with Crippen LogP contribution in [-0.2, 0) is 9.13 Å². The average molecular weight is 296 g/mol. The van der Waals surface area contributed by atoms with E-state index < -0.39 is 15.6 Å². The molecule has 9 nitrogen and oxygen atoms in total. The minimum absolute atomic E-state index is 0. The van der Waals surface area contributed by atoms with E-state index in [-0.39, 0.29) is 12.9 Å². The molecule has 112 valence electrons. The molecule has 0 amide bonds. The van der Waals surface area contributed by atoms with Gasteiger partial charge in [0.2, 0.25) is 0 Å². The summed E-state index contributed by atoms with van der Waals surface area (Å²) >= 11 is 0. The van der Waals surface area contributed by atoms with Gasteiger partial charge in [0.1, 0.15) is 0 Å². The van der Waals surface area contributed by atoms with E-state index in [9.17, 15) is 0 Å². The van der Waals surface area contributed by atoms with E-state index in [0.29, 0.717) is 0 Å². The molecule has 0 aliphatic carbocycles. The molecule has 0 aliphatic heterocycles. The normalized spacial score (nSPS) is 9.41. The van der Waals surface area contributed by atoms with Gasteiger partial charge in [-0.05, 0) is 0 Å². The van der Waals surface area contributed by atoms with Crippen LogP contribution in [0.5, 0.6) is 0 Å². The summed E-state index contributed by atoms with van der Waals surface area (Å²) < 4.78 is 17.1. The van der Waals surface area contributed by atoms with Gasteiger partial charge in [-0.15, -0.1) is 0 Å². The van der Waals surface area contributed by atoms with Gasteiger partial charge in [0, 0.05) is 0 Å². The summed E-state index contributed by atoms with van der Waals surface area (Å²) in [4.78, 5) is 51.3. The molecule has 0 radical (unpaired) electrons. The summed E-state index contributed by atoms with van der Waals surface area (Å²) in [6.07, 6.45) is 4.08. The van der Waals surface area contributed by atoms with Crippen LogP contribution >= 0.6 is 15.6 Å². The lowest BCUT2D eigenvalue weighted by molar-refractivity contribution is -0.434. The highest BCUT2D eigenvalue weighted by Crippen LogP contribution is 2.03. The lowest BCUT2D eigenvalue weighted by Gasteiger charge is -2.36. The Labute approximate surface area is 101 Å². The predicted molar refractivity (Wildman–Crippen MR) is 50.8 cm³/mol. The fourth-order valence-corrected chi connectivity index (χ4v) is 0.354. The van der Waals surface area contributed by atoms with Crippen molar-refractivity contribution in [2.75, 3.05) is 0 Å². The fraction of sp³-hybridized carbons (Fsp3) is 1.00. The molecule has 0 atom stereocenters. The van der Waals surface area contributed by atoms with Gasteiger partial charge in [0.25, 0.3) is 0 Å². The molecule has 0 aliphatic rings. The van der Waals surface area contributed by atoms with E-state index in [2.05, 4.69) is 13.8 Å². The first-order valence-corrected chi connectivity index (χ1v) is 6.80. The van der Waals surface area contributed by atoms with E-state index in [1.54, 1.807) is 0 Å². The molecule has 0 saturated carbocycles. The van der Waals surface area contributed by atoms with Crippen LogP contribution in [0, 0.1) is 0 Å². The standard InChI is InChI=1S/C5H12.CH4.2H3O4P.H2O/c1-3-5-4-2;;2*1-5(2,3)4;/h3-5H2,1-2H3;1H4;2*(H3,1,2,3,4);1H2/p-6. The molecular weight excluding hydrogens is 278 g/mol. The topological polar surface area (TPSA) is 204 Å². The van der Waals surface area contributed by atoms with Crippen LogP contribution < -0.4 is 29.4 Å². The quantitative estimate of drug-likeness (QED) is 0.463. The van der Waals surface area contributed by atoms with Crippen LogP contribution in [0.15, 0.2) is 0 Å². The maximum atomic E-state index is 8.55. The van der Waals surface area contributed by atoms with E-state index in [1.165, 1.54) is 19.3 Å². The Morgan fingerprint density at radius 2 is 0.882 bits per heavy atom. The van der Waals surface area contributed by atoms with E-state index >= 15 is 0 Å².